The van der Waals surface area contributed by atoms with Crippen molar-refractivity contribution in [3.63, 3.8) is 0 Å². The number of carbonyl (C=O) groups is 1. The number of fused-ring (bicyclic) bond motifs is 1. The molecule has 0 radical (unpaired) electrons. The predicted octanol–water partition coefficient (Wildman–Crippen LogP) is 2.35. The van der Waals surface area contributed by atoms with Gasteiger partial charge in [-0.15, -0.1) is 0 Å². The van der Waals surface area contributed by atoms with E-state index in [1.807, 2.05) is 35.8 Å². The Bertz CT molecular complexity index is 1120. The summed E-state index contributed by atoms with van der Waals surface area (Å²) in [5.41, 5.74) is 8.97. The molecule has 0 aliphatic heterocycles. The van der Waals surface area contributed by atoms with Crippen molar-refractivity contribution < 1.29 is 4.79 Å². The number of benzene rings is 1. The molecule has 0 aliphatic rings. The molecular formula is C20H19N7O. The number of rotatable bonds is 5. The van der Waals surface area contributed by atoms with Crippen LogP contribution < -0.4 is 16.4 Å². The highest BCUT2D eigenvalue weighted by atomic mass is 16.1. The lowest BCUT2D eigenvalue weighted by atomic mass is 10.1. The smallest absolute Gasteiger partial charge is 0.256 e. The van der Waals surface area contributed by atoms with Gasteiger partial charge in [-0.2, -0.15) is 0 Å². The maximum absolute atomic E-state index is 12.4. The third-order valence-electron chi connectivity index (χ3n) is 4.32. The molecule has 3 heterocycles. The first-order valence-electron chi connectivity index (χ1n) is 8.76. The summed E-state index contributed by atoms with van der Waals surface area (Å²) >= 11 is 0. The largest absolute Gasteiger partial charge is 0.382 e. The van der Waals surface area contributed by atoms with Gasteiger partial charge in [-0.25, -0.2) is 15.0 Å². The molecule has 4 N–H and O–H groups in total. The van der Waals surface area contributed by atoms with Gasteiger partial charge in [-0.3, -0.25) is 9.20 Å². The van der Waals surface area contributed by atoms with Crippen molar-refractivity contribution in [2.75, 3.05) is 18.1 Å². The number of nitrogens with one attached hydrogen (secondary N) is 2. The van der Waals surface area contributed by atoms with E-state index in [0.717, 1.165) is 22.6 Å². The number of carbonyl (C=O) groups excluding carboxylic acids is 1. The van der Waals surface area contributed by atoms with Crippen LogP contribution in [0.2, 0.25) is 0 Å². The molecule has 0 aliphatic carbocycles. The van der Waals surface area contributed by atoms with Gasteiger partial charge < -0.3 is 16.4 Å². The van der Waals surface area contributed by atoms with Gasteiger partial charge in [0.05, 0.1) is 6.54 Å². The molecule has 3 aromatic heterocycles. The molecule has 0 atom stereocenters. The lowest BCUT2D eigenvalue weighted by Gasteiger charge is -2.05. The fraction of sp³-hybridized carbons (Fsp3) is 0.100. The van der Waals surface area contributed by atoms with E-state index in [0.29, 0.717) is 23.7 Å². The second-order valence-electron chi connectivity index (χ2n) is 6.18. The van der Waals surface area contributed by atoms with Gasteiger partial charge in [0.15, 0.2) is 0 Å². The molecule has 28 heavy (non-hydrogen) atoms. The zero-order valence-corrected chi connectivity index (χ0v) is 15.3. The van der Waals surface area contributed by atoms with E-state index in [2.05, 4.69) is 20.6 Å². The minimum atomic E-state index is -0.225. The maximum Gasteiger partial charge on any atom is 0.256 e. The average Bonchev–Trinajstić information content (AvgIpc) is 3.09. The number of nitrogens with zero attached hydrogens (tertiary/aromatic N) is 4. The molecule has 4 rings (SSSR count). The zero-order chi connectivity index (χ0) is 19.5. The summed E-state index contributed by atoms with van der Waals surface area (Å²) in [6.07, 6.45) is 5.12. The van der Waals surface area contributed by atoms with Crippen LogP contribution in [-0.4, -0.2) is 32.3 Å². The lowest BCUT2D eigenvalue weighted by molar-refractivity contribution is 0.102. The monoisotopic (exact) mass is 373 g/mol. The molecule has 0 bridgehead atoms. The fourth-order valence-electron chi connectivity index (χ4n) is 3.01. The number of amides is 1. The van der Waals surface area contributed by atoms with Crippen LogP contribution in [0.1, 0.15) is 16.2 Å². The third kappa shape index (κ3) is 3.28. The van der Waals surface area contributed by atoms with Crippen molar-refractivity contribution in [1.82, 2.24) is 24.7 Å². The Morgan fingerprint density at radius 2 is 1.93 bits per heavy atom. The van der Waals surface area contributed by atoms with E-state index < -0.39 is 0 Å². The predicted molar refractivity (Wildman–Crippen MR) is 108 cm³/mol. The Morgan fingerprint density at radius 1 is 1.11 bits per heavy atom. The summed E-state index contributed by atoms with van der Waals surface area (Å²) in [7, 11) is 1.86. The number of pyridine rings is 1. The van der Waals surface area contributed by atoms with E-state index in [-0.39, 0.29) is 5.91 Å². The zero-order valence-electron chi connectivity index (χ0n) is 15.3. The number of nitrogen functional groups attached to an aromatic ring is 1. The summed E-state index contributed by atoms with van der Waals surface area (Å²) in [6.45, 7) is 0.592. The highest BCUT2D eigenvalue weighted by molar-refractivity contribution is 6.04. The molecule has 0 saturated carbocycles. The highest BCUT2D eigenvalue weighted by Crippen LogP contribution is 2.28. The Labute approximate surface area is 161 Å². The highest BCUT2D eigenvalue weighted by Gasteiger charge is 2.16. The van der Waals surface area contributed by atoms with Crippen LogP contribution in [0.3, 0.4) is 0 Å². The van der Waals surface area contributed by atoms with Gasteiger partial charge in [0.2, 0.25) is 0 Å². The number of imidazole rings is 1. The number of hydrogen-bond acceptors (Lipinski definition) is 6. The summed E-state index contributed by atoms with van der Waals surface area (Å²) in [6, 6.07) is 12.6. The van der Waals surface area contributed by atoms with Crippen LogP contribution in [0.4, 0.5) is 11.6 Å². The van der Waals surface area contributed by atoms with Gasteiger partial charge in [-0.05, 0) is 31.3 Å². The Morgan fingerprint density at radius 3 is 2.64 bits per heavy atom. The van der Waals surface area contributed by atoms with Gasteiger partial charge >= 0.3 is 0 Å². The number of hydrogen-bond donors (Lipinski definition) is 3. The summed E-state index contributed by atoms with van der Waals surface area (Å²) in [4.78, 5) is 25.4. The molecule has 0 saturated heterocycles. The average molecular weight is 373 g/mol. The molecule has 8 heteroatoms. The summed E-state index contributed by atoms with van der Waals surface area (Å²) in [5, 5.41) is 5.87. The molecule has 1 amide bonds. The van der Waals surface area contributed by atoms with Crippen LogP contribution in [0.25, 0.3) is 16.8 Å². The number of anilines is 2. The Kier molecular flexibility index (Phi) is 4.69. The topological polar surface area (TPSA) is 110 Å². The van der Waals surface area contributed by atoms with Crippen molar-refractivity contribution in [2.24, 2.45) is 0 Å². The Hall–Kier alpha value is -3.78. The van der Waals surface area contributed by atoms with Crippen molar-refractivity contribution >= 4 is 23.1 Å². The van der Waals surface area contributed by atoms with E-state index in [9.17, 15) is 4.79 Å². The van der Waals surface area contributed by atoms with Crippen LogP contribution in [0.5, 0.6) is 0 Å². The molecule has 8 nitrogen and oxygen atoms in total. The minimum Gasteiger partial charge on any atom is -0.382 e. The van der Waals surface area contributed by atoms with Crippen molar-refractivity contribution in [3.8, 4) is 11.3 Å². The second kappa shape index (κ2) is 7.45. The normalized spacial score (nSPS) is 10.9. The standard InChI is InChI=1S/C20H19N7O/c1-22-12-16-26-17(18-19(21)24-10-11-27(16)18)13-5-7-14(8-6-13)20(28)25-15-4-2-3-9-23-15/h2-11,22H,12H2,1H3,(H2,21,24)(H,23,25,28). The van der Waals surface area contributed by atoms with Crippen molar-refractivity contribution in [1.29, 1.82) is 0 Å². The van der Waals surface area contributed by atoms with E-state index >= 15 is 0 Å². The Balaban J connectivity index is 1.67. The van der Waals surface area contributed by atoms with Crippen LogP contribution in [-0.2, 0) is 6.54 Å². The van der Waals surface area contributed by atoms with Crippen LogP contribution >= 0.6 is 0 Å². The van der Waals surface area contributed by atoms with E-state index in [1.165, 1.54) is 0 Å². The maximum atomic E-state index is 12.4. The third-order valence-corrected chi connectivity index (χ3v) is 4.32. The van der Waals surface area contributed by atoms with Gasteiger partial charge in [0, 0.05) is 29.7 Å². The first-order valence-corrected chi connectivity index (χ1v) is 8.76. The molecule has 140 valence electrons. The fourth-order valence-corrected chi connectivity index (χ4v) is 3.01. The minimum absolute atomic E-state index is 0.225. The second-order valence-corrected chi connectivity index (χ2v) is 6.18. The SMILES string of the molecule is CNCc1nc(-c2ccc(C(=O)Nc3ccccn3)cc2)c2c(N)nccn12. The van der Waals surface area contributed by atoms with Gasteiger partial charge in [-0.1, -0.05) is 18.2 Å². The number of nitrogens with two attached hydrogens (primary N) is 1. The van der Waals surface area contributed by atoms with Gasteiger partial charge in [0.1, 0.15) is 28.7 Å². The first kappa shape index (κ1) is 17.6. The van der Waals surface area contributed by atoms with E-state index in [4.69, 9.17) is 10.7 Å². The first-order chi connectivity index (χ1) is 13.7. The van der Waals surface area contributed by atoms with Crippen LogP contribution in [0.15, 0.2) is 61.1 Å². The molecular weight excluding hydrogens is 354 g/mol. The molecule has 1 aromatic carbocycles. The summed E-state index contributed by atoms with van der Waals surface area (Å²) < 4.78 is 1.93. The van der Waals surface area contributed by atoms with Crippen molar-refractivity contribution in [3.05, 3.63) is 72.4 Å². The molecule has 0 fully saturated rings. The summed E-state index contributed by atoms with van der Waals surface area (Å²) in [5.74, 6) is 1.52. The molecule has 4 aromatic rings. The van der Waals surface area contributed by atoms with E-state index in [1.54, 1.807) is 36.7 Å². The quantitative estimate of drug-likeness (QED) is 0.495. The lowest BCUT2D eigenvalue weighted by Crippen LogP contribution is -2.12. The van der Waals surface area contributed by atoms with Crippen molar-refractivity contribution in [2.45, 2.75) is 6.54 Å². The van der Waals surface area contributed by atoms with Gasteiger partial charge in [0.25, 0.3) is 5.91 Å². The molecule has 0 unspecified atom stereocenters. The number of aromatic nitrogens is 4. The molecule has 0 spiro atoms. The van der Waals surface area contributed by atoms with Crippen LogP contribution in [0, 0.1) is 0 Å².